The number of anilines is 1. The summed E-state index contributed by atoms with van der Waals surface area (Å²) in [5.41, 5.74) is 6.35. The van der Waals surface area contributed by atoms with Gasteiger partial charge in [0.1, 0.15) is 5.82 Å². The lowest BCUT2D eigenvalue weighted by atomic mass is 10.1. The third-order valence-electron chi connectivity index (χ3n) is 2.84. The molecule has 20 heavy (non-hydrogen) atoms. The van der Waals surface area contributed by atoms with E-state index in [1.807, 2.05) is 30.3 Å². The molecule has 4 nitrogen and oxygen atoms in total. The average Bonchev–Trinajstić information content (AvgIpc) is 2.38. The van der Waals surface area contributed by atoms with Gasteiger partial charge < -0.3 is 5.73 Å². The molecule has 0 aliphatic carbocycles. The minimum atomic E-state index is -3.82. The van der Waals surface area contributed by atoms with Crippen LogP contribution in [0.5, 0.6) is 0 Å². The molecule has 2 aromatic carbocycles. The van der Waals surface area contributed by atoms with Gasteiger partial charge in [-0.05, 0) is 30.7 Å². The summed E-state index contributed by atoms with van der Waals surface area (Å²) in [5.74, 6) is -0.683. The van der Waals surface area contributed by atoms with Gasteiger partial charge in [0.25, 0.3) is 0 Å². The second-order valence-electron chi connectivity index (χ2n) is 4.47. The topological polar surface area (TPSA) is 72.2 Å². The van der Waals surface area contributed by atoms with E-state index in [4.69, 9.17) is 5.73 Å². The normalized spacial score (nSPS) is 13.1. The Hall–Kier alpha value is -1.92. The number of hydrogen-bond acceptors (Lipinski definition) is 3. The Balaban J connectivity index is 2.27. The summed E-state index contributed by atoms with van der Waals surface area (Å²) in [6.45, 7) is 1.72. The van der Waals surface area contributed by atoms with Crippen LogP contribution in [0, 0.1) is 5.82 Å². The van der Waals surface area contributed by atoms with Crippen LogP contribution in [0.3, 0.4) is 0 Å². The fourth-order valence-corrected chi connectivity index (χ4v) is 3.15. The van der Waals surface area contributed by atoms with E-state index < -0.39 is 21.9 Å². The van der Waals surface area contributed by atoms with Crippen molar-refractivity contribution in [2.75, 3.05) is 5.73 Å². The highest BCUT2D eigenvalue weighted by Crippen LogP contribution is 2.19. The lowest BCUT2D eigenvalue weighted by Crippen LogP contribution is -2.27. The monoisotopic (exact) mass is 294 g/mol. The lowest BCUT2D eigenvalue weighted by Gasteiger charge is -2.15. The SMILES string of the molecule is C[C@H](NS(=O)(=O)c1cc(N)cc(F)c1)c1ccccc1. The van der Waals surface area contributed by atoms with Crippen LogP contribution in [0.2, 0.25) is 0 Å². The molecule has 0 fully saturated rings. The zero-order valence-corrected chi connectivity index (χ0v) is 11.7. The molecule has 6 heteroatoms. The van der Waals surface area contributed by atoms with E-state index in [0.29, 0.717) is 0 Å². The molecule has 0 aromatic heterocycles. The van der Waals surface area contributed by atoms with Crippen molar-refractivity contribution in [2.45, 2.75) is 17.9 Å². The fourth-order valence-electron chi connectivity index (χ4n) is 1.85. The first kappa shape index (κ1) is 14.5. The highest BCUT2D eigenvalue weighted by Gasteiger charge is 2.19. The van der Waals surface area contributed by atoms with Gasteiger partial charge in [0, 0.05) is 11.7 Å². The predicted molar refractivity (Wildman–Crippen MR) is 76.0 cm³/mol. The van der Waals surface area contributed by atoms with E-state index in [1.165, 1.54) is 6.07 Å². The van der Waals surface area contributed by atoms with Crippen molar-refractivity contribution in [3.05, 3.63) is 59.9 Å². The Morgan fingerprint density at radius 1 is 1.15 bits per heavy atom. The molecular weight excluding hydrogens is 279 g/mol. The first-order valence-corrected chi connectivity index (χ1v) is 7.50. The van der Waals surface area contributed by atoms with E-state index >= 15 is 0 Å². The van der Waals surface area contributed by atoms with Crippen molar-refractivity contribution in [3.63, 3.8) is 0 Å². The van der Waals surface area contributed by atoms with E-state index in [1.54, 1.807) is 6.92 Å². The van der Waals surface area contributed by atoms with Gasteiger partial charge in [0.2, 0.25) is 10.0 Å². The average molecular weight is 294 g/mol. The van der Waals surface area contributed by atoms with Crippen molar-refractivity contribution in [2.24, 2.45) is 0 Å². The third-order valence-corrected chi connectivity index (χ3v) is 4.36. The maximum absolute atomic E-state index is 13.2. The number of sulfonamides is 1. The van der Waals surface area contributed by atoms with Crippen molar-refractivity contribution in [1.29, 1.82) is 0 Å². The summed E-state index contributed by atoms with van der Waals surface area (Å²) in [4.78, 5) is -0.183. The molecule has 1 atom stereocenters. The van der Waals surface area contributed by atoms with Crippen molar-refractivity contribution < 1.29 is 12.8 Å². The van der Waals surface area contributed by atoms with Crippen LogP contribution in [0.1, 0.15) is 18.5 Å². The molecule has 3 N–H and O–H groups in total. The molecule has 0 aliphatic rings. The number of rotatable bonds is 4. The molecule has 0 unspecified atom stereocenters. The standard InChI is InChI=1S/C14H15FN2O2S/c1-10(11-5-3-2-4-6-11)17-20(18,19)14-8-12(15)7-13(16)9-14/h2-10,17H,16H2,1H3/t10-/m0/s1. The largest absolute Gasteiger partial charge is 0.399 e. The zero-order chi connectivity index (χ0) is 14.8. The third kappa shape index (κ3) is 3.34. The summed E-state index contributed by atoms with van der Waals surface area (Å²) in [6.07, 6.45) is 0. The molecule has 0 bridgehead atoms. The van der Waals surface area contributed by atoms with Crippen LogP contribution in [0.15, 0.2) is 53.4 Å². The summed E-state index contributed by atoms with van der Waals surface area (Å²) in [5, 5.41) is 0. The molecule has 106 valence electrons. The molecule has 0 saturated heterocycles. The summed E-state index contributed by atoms with van der Waals surface area (Å²) in [6, 6.07) is 11.9. The van der Waals surface area contributed by atoms with Crippen molar-refractivity contribution in [3.8, 4) is 0 Å². The summed E-state index contributed by atoms with van der Waals surface area (Å²) < 4.78 is 40.1. The van der Waals surface area contributed by atoms with Gasteiger partial charge in [-0.3, -0.25) is 0 Å². The Morgan fingerprint density at radius 2 is 1.80 bits per heavy atom. The van der Waals surface area contributed by atoms with Crippen molar-refractivity contribution >= 4 is 15.7 Å². The van der Waals surface area contributed by atoms with Gasteiger partial charge in [0.15, 0.2) is 0 Å². The highest BCUT2D eigenvalue weighted by atomic mass is 32.2. The number of halogens is 1. The Kier molecular flexibility index (Phi) is 4.06. The fraction of sp³-hybridized carbons (Fsp3) is 0.143. The number of benzene rings is 2. The van der Waals surface area contributed by atoms with Gasteiger partial charge in [-0.2, -0.15) is 0 Å². The second kappa shape index (κ2) is 5.60. The van der Waals surface area contributed by atoms with Crippen LogP contribution in [0.4, 0.5) is 10.1 Å². The van der Waals surface area contributed by atoms with Gasteiger partial charge in [-0.15, -0.1) is 0 Å². The number of hydrogen-bond donors (Lipinski definition) is 2. The Labute approximate surface area is 117 Å². The zero-order valence-electron chi connectivity index (χ0n) is 10.9. The lowest BCUT2D eigenvalue weighted by molar-refractivity contribution is 0.564. The van der Waals surface area contributed by atoms with Gasteiger partial charge in [-0.25, -0.2) is 17.5 Å². The quantitative estimate of drug-likeness (QED) is 0.851. The Morgan fingerprint density at radius 3 is 2.40 bits per heavy atom. The van der Waals surface area contributed by atoms with Crippen LogP contribution in [-0.4, -0.2) is 8.42 Å². The molecule has 0 radical (unpaired) electrons. The van der Waals surface area contributed by atoms with Crippen LogP contribution < -0.4 is 10.5 Å². The molecule has 0 spiro atoms. The predicted octanol–water partition coefficient (Wildman–Crippen LogP) is 2.45. The van der Waals surface area contributed by atoms with Gasteiger partial charge >= 0.3 is 0 Å². The number of nitrogens with two attached hydrogens (primary N) is 1. The van der Waals surface area contributed by atoms with Gasteiger partial charge in [-0.1, -0.05) is 30.3 Å². The minimum Gasteiger partial charge on any atom is -0.399 e. The molecule has 0 aliphatic heterocycles. The summed E-state index contributed by atoms with van der Waals surface area (Å²) in [7, 11) is -3.82. The summed E-state index contributed by atoms with van der Waals surface area (Å²) >= 11 is 0. The molecular formula is C14H15FN2O2S. The molecule has 0 amide bonds. The Bertz CT molecular complexity index is 682. The molecule has 2 rings (SSSR count). The molecule has 2 aromatic rings. The smallest absolute Gasteiger partial charge is 0.241 e. The van der Waals surface area contributed by atoms with Crippen LogP contribution >= 0.6 is 0 Å². The maximum atomic E-state index is 13.2. The second-order valence-corrected chi connectivity index (χ2v) is 6.19. The van der Waals surface area contributed by atoms with E-state index in [-0.39, 0.29) is 10.6 Å². The van der Waals surface area contributed by atoms with Crippen LogP contribution in [0.25, 0.3) is 0 Å². The van der Waals surface area contributed by atoms with Crippen molar-refractivity contribution in [1.82, 2.24) is 4.72 Å². The number of nitrogen functional groups attached to an aromatic ring is 1. The van der Waals surface area contributed by atoms with Crippen LogP contribution in [-0.2, 0) is 10.0 Å². The van der Waals surface area contributed by atoms with E-state index in [2.05, 4.69) is 4.72 Å². The first-order valence-electron chi connectivity index (χ1n) is 6.02. The van der Waals surface area contributed by atoms with E-state index in [0.717, 1.165) is 17.7 Å². The number of nitrogens with one attached hydrogen (secondary N) is 1. The van der Waals surface area contributed by atoms with Gasteiger partial charge in [0.05, 0.1) is 4.90 Å². The van der Waals surface area contributed by atoms with E-state index in [9.17, 15) is 12.8 Å². The minimum absolute atomic E-state index is 0.0674. The first-order chi connectivity index (χ1) is 9.38. The maximum Gasteiger partial charge on any atom is 0.241 e. The molecule has 0 heterocycles. The highest BCUT2D eigenvalue weighted by molar-refractivity contribution is 7.89. The molecule has 0 saturated carbocycles.